The van der Waals surface area contributed by atoms with Gasteiger partial charge in [0.15, 0.2) is 0 Å². The maximum absolute atomic E-state index is 11.5. The molecule has 0 aromatic rings. The SMILES string of the molecule is C=C(C(=O)O)C1=CC[C@H]2[C@@H]3CCC4CCCC[C@]4(C)[C@H]3CC[C@]12C. The molecule has 0 bridgehead atoms. The smallest absolute Gasteiger partial charge is 0.335 e. The highest BCUT2D eigenvalue weighted by Crippen LogP contribution is 2.66. The molecule has 0 saturated heterocycles. The van der Waals surface area contributed by atoms with Crippen LogP contribution in [-0.2, 0) is 4.79 Å². The van der Waals surface area contributed by atoms with Gasteiger partial charge in [0, 0.05) is 0 Å². The van der Waals surface area contributed by atoms with E-state index in [-0.39, 0.29) is 5.41 Å². The van der Waals surface area contributed by atoms with Crippen molar-refractivity contribution in [1.82, 2.24) is 0 Å². The Hall–Kier alpha value is -1.05. The maximum Gasteiger partial charge on any atom is 0.335 e. The van der Waals surface area contributed by atoms with Crippen molar-refractivity contribution in [2.24, 2.45) is 34.5 Å². The Bertz CT molecular complexity index is 603. The van der Waals surface area contributed by atoms with E-state index >= 15 is 0 Å². The third-order valence-electron chi connectivity index (χ3n) is 8.75. The van der Waals surface area contributed by atoms with Crippen LogP contribution in [0.25, 0.3) is 0 Å². The second-order valence-corrected chi connectivity index (χ2v) is 9.50. The average molecular weight is 328 g/mol. The largest absolute Gasteiger partial charge is 0.478 e. The highest BCUT2D eigenvalue weighted by atomic mass is 16.4. The van der Waals surface area contributed by atoms with Gasteiger partial charge in [0.2, 0.25) is 0 Å². The molecule has 0 heterocycles. The number of aliphatic carboxylic acids is 1. The molecule has 0 spiro atoms. The molecule has 3 fully saturated rings. The van der Waals surface area contributed by atoms with Crippen molar-refractivity contribution in [3.63, 3.8) is 0 Å². The second-order valence-electron chi connectivity index (χ2n) is 9.50. The van der Waals surface area contributed by atoms with Crippen molar-refractivity contribution in [2.75, 3.05) is 0 Å². The molecule has 2 heteroatoms. The molecule has 0 aromatic heterocycles. The predicted octanol–water partition coefficient (Wildman–Crippen LogP) is 5.60. The number of hydrogen-bond donors (Lipinski definition) is 1. The predicted molar refractivity (Wildman–Crippen MR) is 96.6 cm³/mol. The molecule has 2 nitrogen and oxygen atoms in total. The summed E-state index contributed by atoms with van der Waals surface area (Å²) >= 11 is 0. The van der Waals surface area contributed by atoms with Gasteiger partial charge >= 0.3 is 5.97 Å². The first kappa shape index (κ1) is 16.4. The van der Waals surface area contributed by atoms with Crippen LogP contribution in [0.15, 0.2) is 23.8 Å². The molecule has 6 atom stereocenters. The lowest BCUT2D eigenvalue weighted by molar-refractivity contribution is -0.132. The number of hydrogen-bond acceptors (Lipinski definition) is 1. The molecule has 0 radical (unpaired) electrons. The van der Waals surface area contributed by atoms with Crippen LogP contribution in [0.1, 0.15) is 71.6 Å². The Morgan fingerprint density at radius 1 is 1.12 bits per heavy atom. The van der Waals surface area contributed by atoms with E-state index in [0.717, 1.165) is 36.2 Å². The summed E-state index contributed by atoms with van der Waals surface area (Å²) in [5.41, 5.74) is 1.99. The van der Waals surface area contributed by atoms with E-state index in [0.29, 0.717) is 16.9 Å². The maximum atomic E-state index is 11.5. The zero-order chi connectivity index (χ0) is 17.1. The quantitative estimate of drug-likeness (QED) is 0.670. The minimum absolute atomic E-state index is 0.0501. The number of carbonyl (C=O) groups is 1. The van der Waals surface area contributed by atoms with Crippen LogP contribution < -0.4 is 0 Å². The van der Waals surface area contributed by atoms with Crippen LogP contribution >= 0.6 is 0 Å². The fraction of sp³-hybridized carbons (Fsp3) is 0.773. The van der Waals surface area contributed by atoms with Crippen molar-refractivity contribution >= 4 is 5.97 Å². The lowest BCUT2D eigenvalue weighted by Gasteiger charge is -2.60. The summed E-state index contributed by atoms with van der Waals surface area (Å²) in [4.78, 5) is 11.5. The molecule has 4 aliphatic carbocycles. The number of rotatable bonds is 2. The van der Waals surface area contributed by atoms with Crippen LogP contribution in [-0.4, -0.2) is 11.1 Å². The minimum Gasteiger partial charge on any atom is -0.478 e. The summed E-state index contributed by atoms with van der Waals surface area (Å²) in [6, 6.07) is 0. The topological polar surface area (TPSA) is 37.3 Å². The molecule has 1 unspecified atom stereocenters. The van der Waals surface area contributed by atoms with Crippen molar-refractivity contribution in [3.8, 4) is 0 Å². The standard InChI is InChI=1S/C22H32O2/c1-14(20(23)24)17-9-10-18-16-8-7-15-6-4-5-12-21(15,2)19(16)11-13-22(17,18)3/h9,15-16,18-19H,1,4-8,10-13H2,2-3H3,(H,23,24)/t15?,16-,18-,19-,21-,22+/m0/s1. The molecule has 24 heavy (non-hydrogen) atoms. The lowest BCUT2D eigenvalue weighted by atomic mass is 9.45. The second kappa shape index (κ2) is 5.47. The van der Waals surface area contributed by atoms with Gasteiger partial charge in [0.05, 0.1) is 5.57 Å². The van der Waals surface area contributed by atoms with Crippen LogP contribution in [0, 0.1) is 34.5 Å². The number of carboxylic acid groups (broad SMARTS) is 1. The molecule has 132 valence electrons. The summed E-state index contributed by atoms with van der Waals surface area (Å²) in [6.45, 7) is 8.81. The Labute approximate surface area is 146 Å². The van der Waals surface area contributed by atoms with Gasteiger partial charge in [-0.1, -0.05) is 39.3 Å². The molecular weight excluding hydrogens is 296 g/mol. The van der Waals surface area contributed by atoms with Crippen molar-refractivity contribution in [1.29, 1.82) is 0 Å². The van der Waals surface area contributed by atoms with Gasteiger partial charge in [-0.2, -0.15) is 0 Å². The molecule has 0 aromatic carbocycles. The van der Waals surface area contributed by atoms with Crippen LogP contribution in [0.3, 0.4) is 0 Å². The van der Waals surface area contributed by atoms with E-state index < -0.39 is 5.97 Å². The highest BCUT2D eigenvalue weighted by molar-refractivity contribution is 5.91. The summed E-state index contributed by atoms with van der Waals surface area (Å²) < 4.78 is 0. The van der Waals surface area contributed by atoms with E-state index in [1.807, 2.05) is 0 Å². The lowest BCUT2D eigenvalue weighted by Crippen LogP contribution is -2.52. The molecule has 4 rings (SSSR count). The third-order valence-corrected chi connectivity index (χ3v) is 8.75. The van der Waals surface area contributed by atoms with E-state index in [1.165, 1.54) is 44.9 Å². The van der Waals surface area contributed by atoms with Crippen LogP contribution in [0.4, 0.5) is 0 Å². The van der Waals surface area contributed by atoms with Gasteiger partial charge in [-0.25, -0.2) is 4.79 Å². The van der Waals surface area contributed by atoms with Gasteiger partial charge in [-0.15, -0.1) is 0 Å². The first-order valence-corrected chi connectivity index (χ1v) is 10.0. The first-order chi connectivity index (χ1) is 11.4. The van der Waals surface area contributed by atoms with Gasteiger partial charge in [0.25, 0.3) is 0 Å². The summed E-state index contributed by atoms with van der Waals surface area (Å²) in [5.74, 6) is 2.40. The summed E-state index contributed by atoms with van der Waals surface area (Å²) in [5, 5.41) is 9.43. The highest BCUT2D eigenvalue weighted by Gasteiger charge is 2.58. The molecule has 1 N–H and O–H groups in total. The molecule has 4 aliphatic rings. The zero-order valence-corrected chi connectivity index (χ0v) is 15.3. The van der Waals surface area contributed by atoms with Gasteiger partial charge in [0.1, 0.15) is 0 Å². The molecular formula is C22H32O2. The number of carboxylic acids is 1. The molecule has 3 saturated carbocycles. The van der Waals surface area contributed by atoms with E-state index in [1.54, 1.807) is 0 Å². The van der Waals surface area contributed by atoms with E-state index in [9.17, 15) is 9.90 Å². The van der Waals surface area contributed by atoms with E-state index in [2.05, 4.69) is 26.5 Å². The van der Waals surface area contributed by atoms with Crippen molar-refractivity contribution < 1.29 is 9.90 Å². The monoisotopic (exact) mass is 328 g/mol. The summed E-state index contributed by atoms with van der Waals surface area (Å²) in [7, 11) is 0. The van der Waals surface area contributed by atoms with Crippen molar-refractivity contribution in [3.05, 3.63) is 23.8 Å². The third kappa shape index (κ3) is 2.10. The van der Waals surface area contributed by atoms with Crippen LogP contribution in [0.5, 0.6) is 0 Å². The number of fused-ring (bicyclic) bond motifs is 5. The summed E-state index contributed by atoms with van der Waals surface area (Å²) in [6.07, 6.45) is 14.2. The Kier molecular flexibility index (Phi) is 3.75. The first-order valence-electron chi connectivity index (χ1n) is 10.0. The fourth-order valence-corrected chi connectivity index (χ4v) is 7.45. The zero-order valence-electron chi connectivity index (χ0n) is 15.3. The van der Waals surface area contributed by atoms with E-state index in [4.69, 9.17) is 0 Å². The Morgan fingerprint density at radius 2 is 1.92 bits per heavy atom. The van der Waals surface area contributed by atoms with Gasteiger partial charge in [-0.3, -0.25) is 0 Å². The van der Waals surface area contributed by atoms with Crippen molar-refractivity contribution in [2.45, 2.75) is 71.6 Å². The molecule has 0 aliphatic heterocycles. The Balaban J connectivity index is 1.63. The number of allylic oxidation sites excluding steroid dienone is 1. The van der Waals surface area contributed by atoms with Crippen LogP contribution in [0.2, 0.25) is 0 Å². The normalized spacial score (nSPS) is 47.2. The Morgan fingerprint density at radius 3 is 2.67 bits per heavy atom. The minimum atomic E-state index is -0.840. The van der Waals surface area contributed by atoms with Gasteiger partial charge < -0.3 is 5.11 Å². The molecule has 0 amide bonds. The van der Waals surface area contributed by atoms with Gasteiger partial charge in [-0.05, 0) is 85.0 Å². The average Bonchev–Trinajstić information content (AvgIpc) is 2.90. The fourth-order valence-electron chi connectivity index (χ4n) is 7.45.